The second-order valence-corrected chi connectivity index (χ2v) is 16.1. The quantitative estimate of drug-likeness (QED) is 0.219. The minimum atomic E-state index is -1.51. The zero-order valence-corrected chi connectivity index (χ0v) is 31.2. The fraction of sp³-hybridized carbons (Fsp3) is 0.514. The number of aryl methyl sites for hydroxylation is 1. The number of carbonyl (C=O) groups is 4. The van der Waals surface area contributed by atoms with E-state index in [4.69, 9.17) is 24.2 Å². The molecule has 2 fully saturated rings. The highest BCUT2D eigenvalue weighted by atomic mass is 32.1. The van der Waals surface area contributed by atoms with E-state index in [0.717, 1.165) is 11.4 Å². The number of aromatic nitrogens is 2. The largest absolute Gasteiger partial charge is 0.497 e. The van der Waals surface area contributed by atoms with Gasteiger partial charge in [-0.05, 0) is 51.2 Å². The molecule has 13 nitrogen and oxygen atoms in total. The van der Waals surface area contributed by atoms with E-state index in [-0.39, 0.29) is 19.4 Å². The number of hydrogen-bond donors (Lipinski definition) is 3. The number of pyridine rings is 1. The fourth-order valence-corrected chi connectivity index (χ4v) is 6.97. The highest BCUT2D eigenvalue weighted by Crippen LogP contribution is 2.45. The Morgan fingerprint density at radius 3 is 2.43 bits per heavy atom. The van der Waals surface area contributed by atoms with Crippen LogP contribution < -0.4 is 20.1 Å². The van der Waals surface area contributed by atoms with Crippen molar-refractivity contribution in [1.29, 1.82) is 0 Å². The average Bonchev–Trinajstić information content (AvgIpc) is 3.35. The minimum Gasteiger partial charge on any atom is -0.497 e. The number of thiazole rings is 1. The number of hydrogen-bond acceptors (Lipinski definition) is 10. The zero-order valence-electron chi connectivity index (χ0n) is 30.4. The lowest BCUT2D eigenvalue weighted by Crippen LogP contribution is -2.59. The molecule has 14 heteroatoms. The predicted octanol–water partition coefficient (Wildman–Crippen LogP) is 5.36. The number of nitrogens with zero attached hydrogens (tertiary/aromatic N) is 3. The first-order valence-electron chi connectivity index (χ1n) is 17.0. The maximum atomic E-state index is 14.5. The summed E-state index contributed by atoms with van der Waals surface area (Å²) in [4.78, 5) is 64.6. The van der Waals surface area contributed by atoms with Crippen molar-refractivity contribution < 1.29 is 38.5 Å². The van der Waals surface area contributed by atoms with E-state index in [1.165, 1.54) is 22.3 Å². The Kier molecular flexibility index (Phi) is 10.4. The van der Waals surface area contributed by atoms with Crippen LogP contribution in [0.25, 0.3) is 22.3 Å². The first kappa shape index (κ1) is 37.5. The minimum absolute atomic E-state index is 0.0174. The molecule has 1 aromatic carbocycles. The summed E-state index contributed by atoms with van der Waals surface area (Å²) in [6, 6.07) is 5.03. The van der Waals surface area contributed by atoms with Gasteiger partial charge in [0, 0.05) is 35.2 Å². The molecule has 3 heterocycles. The molecular formula is C37H47N5O8S. The van der Waals surface area contributed by atoms with E-state index in [2.05, 4.69) is 17.2 Å². The summed E-state index contributed by atoms with van der Waals surface area (Å²) in [5.41, 5.74) is -1.23. The van der Waals surface area contributed by atoms with Gasteiger partial charge in [0.1, 0.15) is 40.8 Å². The van der Waals surface area contributed by atoms with E-state index < -0.39 is 64.5 Å². The maximum Gasteiger partial charge on any atom is 0.408 e. The molecule has 0 bridgehead atoms. The van der Waals surface area contributed by atoms with E-state index in [0.29, 0.717) is 33.8 Å². The molecule has 5 atom stereocenters. The van der Waals surface area contributed by atoms with Crippen LogP contribution in [0.1, 0.15) is 66.3 Å². The smallest absolute Gasteiger partial charge is 0.408 e. The summed E-state index contributed by atoms with van der Waals surface area (Å²) in [6.45, 7) is 16.3. The third-order valence-electron chi connectivity index (χ3n) is 9.04. The zero-order chi connectivity index (χ0) is 37.5. The van der Waals surface area contributed by atoms with Gasteiger partial charge >= 0.3 is 12.1 Å². The monoisotopic (exact) mass is 721 g/mol. The Morgan fingerprint density at radius 1 is 1.14 bits per heavy atom. The number of ether oxygens (including phenoxy) is 3. The number of fused-ring (bicyclic) bond motifs is 1. The van der Waals surface area contributed by atoms with Gasteiger partial charge in [-0.25, -0.2) is 19.6 Å². The number of carbonyl (C=O) groups excluding carboxylic acids is 3. The summed E-state index contributed by atoms with van der Waals surface area (Å²) >= 11 is 1.54. The molecule has 0 spiro atoms. The number of carboxylic acid groups (broad SMARTS) is 1. The number of rotatable bonds is 11. The maximum absolute atomic E-state index is 14.5. The van der Waals surface area contributed by atoms with Gasteiger partial charge in [-0.3, -0.25) is 9.59 Å². The predicted molar refractivity (Wildman–Crippen MR) is 193 cm³/mol. The molecule has 2 aromatic heterocycles. The molecule has 0 radical (unpaired) electrons. The molecule has 1 saturated carbocycles. The fourth-order valence-electron chi connectivity index (χ4n) is 6.24. The Hall–Kier alpha value is -4.72. The lowest BCUT2D eigenvalue weighted by molar-refractivity contribution is -0.146. The first-order chi connectivity index (χ1) is 23.9. The molecule has 51 heavy (non-hydrogen) atoms. The van der Waals surface area contributed by atoms with Crippen LogP contribution in [0.3, 0.4) is 0 Å². The summed E-state index contributed by atoms with van der Waals surface area (Å²) in [5.74, 6) is -1.72. The number of benzene rings is 1. The summed E-state index contributed by atoms with van der Waals surface area (Å²) in [5, 5.41) is 19.0. The number of likely N-dealkylation sites (tertiary alicyclic amines) is 1. The van der Waals surface area contributed by atoms with Gasteiger partial charge in [0.2, 0.25) is 11.8 Å². The van der Waals surface area contributed by atoms with Gasteiger partial charge < -0.3 is 34.9 Å². The third kappa shape index (κ3) is 8.11. The van der Waals surface area contributed by atoms with Crippen LogP contribution in [0.2, 0.25) is 0 Å². The molecular weight excluding hydrogens is 675 g/mol. The highest BCUT2D eigenvalue weighted by molar-refractivity contribution is 7.09. The summed E-state index contributed by atoms with van der Waals surface area (Å²) in [6.07, 6.45) is 1.06. The van der Waals surface area contributed by atoms with E-state index >= 15 is 0 Å². The van der Waals surface area contributed by atoms with Crippen molar-refractivity contribution in [3.8, 4) is 22.9 Å². The van der Waals surface area contributed by atoms with Crippen molar-refractivity contribution in [1.82, 2.24) is 25.5 Å². The molecule has 3 amide bonds. The molecule has 5 rings (SSSR count). The number of nitrogens with one attached hydrogen (secondary N) is 2. The molecule has 274 valence electrons. The van der Waals surface area contributed by atoms with Crippen LogP contribution >= 0.6 is 11.3 Å². The van der Waals surface area contributed by atoms with E-state index in [9.17, 15) is 24.3 Å². The van der Waals surface area contributed by atoms with Crippen LogP contribution in [0.5, 0.6) is 11.5 Å². The Bertz CT molecular complexity index is 1850. The second-order valence-electron chi connectivity index (χ2n) is 15.1. The summed E-state index contributed by atoms with van der Waals surface area (Å²) < 4.78 is 17.6. The topological polar surface area (TPSA) is 169 Å². The lowest BCUT2D eigenvalue weighted by atomic mass is 9.85. The van der Waals surface area contributed by atoms with E-state index in [1.54, 1.807) is 66.9 Å². The van der Waals surface area contributed by atoms with Crippen molar-refractivity contribution in [2.45, 2.75) is 97.1 Å². The Morgan fingerprint density at radius 2 is 1.86 bits per heavy atom. The van der Waals surface area contributed by atoms with Gasteiger partial charge in [-0.1, -0.05) is 33.8 Å². The lowest BCUT2D eigenvalue weighted by Gasteiger charge is -2.35. The number of aliphatic carboxylic acids is 1. The molecule has 1 aliphatic heterocycles. The first-order valence-corrected chi connectivity index (χ1v) is 17.8. The van der Waals surface area contributed by atoms with Crippen molar-refractivity contribution in [2.75, 3.05) is 13.7 Å². The molecule has 3 N–H and O–H groups in total. The number of methoxy groups -OCH3 is 1. The normalized spacial score (nSPS) is 22.2. The van der Waals surface area contributed by atoms with Crippen LogP contribution in [-0.4, -0.2) is 86.8 Å². The van der Waals surface area contributed by atoms with Crippen LogP contribution in [0.4, 0.5) is 4.79 Å². The van der Waals surface area contributed by atoms with Gasteiger partial charge in [-0.15, -0.1) is 17.9 Å². The van der Waals surface area contributed by atoms with Crippen molar-refractivity contribution >= 4 is 46.1 Å². The van der Waals surface area contributed by atoms with Crippen LogP contribution in [-0.2, 0) is 25.5 Å². The second kappa shape index (κ2) is 14.1. The van der Waals surface area contributed by atoms with Gasteiger partial charge in [0.25, 0.3) is 0 Å². The molecule has 1 saturated heterocycles. The van der Waals surface area contributed by atoms with Crippen molar-refractivity contribution in [3.05, 3.63) is 47.3 Å². The van der Waals surface area contributed by atoms with Crippen LogP contribution in [0.15, 0.2) is 42.3 Å². The standard InChI is InChI=1S/C37H47N5O8S/c1-10-20-17-37(20,33(45)46)41-31(43)27-15-22(18-42(27)32(44)30(35(3,4)5)40-34(47)50-36(6,7)8)49-28-16-25(26-19-51-29(11-2)39-26)38-24-14-21(48-9)12-13-23(24)28/h10,12-14,16,19-20,22,27,30H,1,11,15,17-18H2,2-9H3,(H,40,47)(H,41,43)(H,45,46)/t20-,22+,27-,30+,37?/m0/s1. The van der Waals surface area contributed by atoms with Gasteiger partial charge in [-0.2, -0.15) is 0 Å². The van der Waals surface area contributed by atoms with Crippen molar-refractivity contribution in [3.63, 3.8) is 0 Å². The number of carboxylic acids is 1. The van der Waals surface area contributed by atoms with Gasteiger partial charge in [0.05, 0.1) is 35.6 Å². The SMILES string of the molecule is C=C[C@H]1CC1(NC(=O)[C@@H]1C[C@@H](Oc2cc(-c3csc(CC)n3)nc3cc(OC)ccc23)CN1C(=O)[C@@H](NC(=O)OC(C)(C)C)C(C)(C)C)C(=O)O. The third-order valence-corrected chi connectivity index (χ3v) is 10.0. The number of alkyl carbamates (subject to hydrolysis) is 1. The average molecular weight is 722 g/mol. The van der Waals surface area contributed by atoms with Crippen LogP contribution in [0, 0.1) is 11.3 Å². The van der Waals surface area contributed by atoms with Crippen molar-refractivity contribution in [2.24, 2.45) is 11.3 Å². The molecule has 1 aliphatic carbocycles. The highest BCUT2D eigenvalue weighted by Gasteiger charge is 2.61. The molecule has 1 unspecified atom stereocenters. The Labute approximate surface area is 301 Å². The Balaban J connectivity index is 1.51. The molecule has 3 aromatic rings. The number of amides is 3. The van der Waals surface area contributed by atoms with Gasteiger partial charge in [0.15, 0.2) is 0 Å². The summed E-state index contributed by atoms with van der Waals surface area (Å²) in [7, 11) is 1.57. The molecule has 2 aliphatic rings. The van der Waals surface area contributed by atoms with E-state index in [1.807, 2.05) is 18.4 Å².